The fourth-order valence-electron chi connectivity index (χ4n) is 1.97. The van der Waals surface area contributed by atoms with Gasteiger partial charge in [-0.3, -0.25) is 10.1 Å². The molecule has 0 aromatic carbocycles. The molecule has 0 atom stereocenters. The molecule has 0 saturated heterocycles. The molecule has 20 heavy (non-hydrogen) atoms. The Morgan fingerprint density at radius 3 is 2.75 bits per heavy atom. The maximum atomic E-state index is 11.0. The number of halogens is 1. The number of aromatic nitrogens is 1. The van der Waals surface area contributed by atoms with E-state index in [1.54, 1.807) is 0 Å². The molecule has 1 aromatic heterocycles. The van der Waals surface area contributed by atoms with Crippen molar-refractivity contribution in [1.82, 2.24) is 4.98 Å². The molecule has 1 aromatic rings. The number of nitro groups is 1. The summed E-state index contributed by atoms with van der Waals surface area (Å²) >= 11 is 5.74. The van der Waals surface area contributed by atoms with E-state index in [9.17, 15) is 10.1 Å². The number of unbranched alkanes of at least 4 members (excludes halogenated alkanes) is 2. The van der Waals surface area contributed by atoms with Gasteiger partial charge in [-0.05, 0) is 11.8 Å². The maximum absolute atomic E-state index is 11.0. The summed E-state index contributed by atoms with van der Waals surface area (Å²) in [4.78, 5) is 14.5. The Labute approximate surface area is 124 Å². The number of rotatable bonds is 8. The number of hydrogen-bond donors (Lipinski definition) is 1. The summed E-state index contributed by atoms with van der Waals surface area (Å²) in [6.07, 6.45) is 6.06. The molecule has 0 saturated carbocycles. The summed E-state index contributed by atoms with van der Waals surface area (Å²) in [5.74, 6) is 0.281. The average Bonchev–Trinajstić information content (AvgIpc) is 2.37. The van der Waals surface area contributed by atoms with Crippen molar-refractivity contribution in [1.29, 1.82) is 0 Å². The molecule has 0 aliphatic heterocycles. The Morgan fingerprint density at radius 1 is 1.45 bits per heavy atom. The van der Waals surface area contributed by atoms with Gasteiger partial charge in [-0.25, -0.2) is 4.98 Å². The van der Waals surface area contributed by atoms with Gasteiger partial charge >= 0.3 is 5.69 Å². The molecule has 0 bridgehead atoms. The highest BCUT2D eigenvalue weighted by Gasteiger charge is 2.21. The van der Waals surface area contributed by atoms with Gasteiger partial charge in [0.1, 0.15) is 0 Å². The molecule has 0 aliphatic rings. The monoisotopic (exact) mass is 299 g/mol. The van der Waals surface area contributed by atoms with Crippen LogP contribution in [0, 0.1) is 15.5 Å². The van der Waals surface area contributed by atoms with Crippen LogP contribution in [-0.2, 0) is 0 Å². The number of hydrogen-bond acceptors (Lipinski definition) is 4. The lowest BCUT2D eigenvalue weighted by Crippen LogP contribution is -2.23. The van der Waals surface area contributed by atoms with E-state index in [2.05, 4.69) is 31.1 Å². The Balaban J connectivity index is 2.67. The third-order valence-corrected chi connectivity index (χ3v) is 3.43. The highest BCUT2D eigenvalue weighted by Crippen LogP contribution is 2.28. The second-order valence-corrected chi connectivity index (χ2v) is 6.19. The normalized spacial score (nSPS) is 11.4. The molecule has 1 rings (SSSR count). The summed E-state index contributed by atoms with van der Waals surface area (Å²) in [6.45, 7) is 7.12. The zero-order chi connectivity index (χ0) is 15.2. The minimum absolute atomic E-state index is 0.0738. The standard InChI is InChI=1S/C14H22ClN3O2/c1-4-5-6-7-14(2,3)10-17-13-12(18(19)20)8-11(15)9-16-13/h8-9H,4-7,10H2,1-3H3,(H,16,17). The fourth-order valence-corrected chi connectivity index (χ4v) is 2.12. The highest BCUT2D eigenvalue weighted by molar-refractivity contribution is 6.30. The van der Waals surface area contributed by atoms with E-state index in [0.717, 1.165) is 6.42 Å². The van der Waals surface area contributed by atoms with Crippen LogP contribution in [0.3, 0.4) is 0 Å². The first-order valence-corrected chi connectivity index (χ1v) is 7.27. The predicted molar refractivity (Wildman–Crippen MR) is 82.3 cm³/mol. The van der Waals surface area contributed by atoms with Gasteiger partial charge < -0.3 is 5.32 Å². The third kappa shape index (κ3) is 5.33. The van der Waals surface area contributed by atoms with Crippen LogP contribution in [0.5, 0.6) is 0 Å². The molecule has 1 N–H and O–H groups in total. The van der Waals surface area contributed by atoms with Crippen LogP contribution in [0.2, 0.25) is 5.02 Å². The molecular formula is C14H22ClN3O2. The van der Waals surface area contributed by atoms with Crippen LogP contribution in [-0.4, -0.2) is 16.5 Å². The molecule has 6 heteroatoms. The van der Waals surface area contributed by atoms with Crippen LogP contribution in [0.25, 0.3) is 0 Å². The van der Waals surface area contributed by atoms with E-state index in [1.807, 2.05) is 0 Å². The molecule has 0 radical (unpaired) electrons. The van der Waals surface area contributed by atoms with E-state index in [-0.39, 0.29) is 21.9 Å². The van der Waals surface area contributed by atoms with Crippen LogP contribution in [0.15, 0.2) is 12.3 Å². The van der Waals surface area contributed by atoms with Gasteiger partial charge in [0.2, 0.25) is 5.82 Å². The van der Waals surface area contributed by atoms with Crippen molar-refractivity contribution in [2.24, 2.45) is 5.41 Å². The van der Waals surface area contributed by atoms with Crippen LogP contribution in [0.4, 0.5) is 11.5 Å². The topological polar surface area (TPSA) is 68.1 Å². The molecular weight excluding hydrogens is 278 g/mol. The lowest BCUT2D eigenvalue weighted by atomic mass is 9.87. The van der Waals surface area contributed by atoms with E-state index in [1.165, 1.54) is 31.5 Å². The van der Waals surface area contributed by atoms with Gasteiger partial charge in [0.15, 0.2) is 0 Å². The van der Waals surface area contributed by atoms with E-state index >= 15 is 0 Å². The van der Waals surface area contributed by atoms with Crippen molar-refractivity contribution in [3.63, 3.8) is 0 Å². The Hall–Kier alpha value is -1.36. The average molecular weight is 300 g/mol. The van der Waals surface area contributed by atoms with Gasteiger partial charge in [0.05, 0.1) is 9.95 Å². The Kier molecular flexibility index (Phi) is 6.20. The van der Waals surface area contributed by atoms with Crippen LogP contribution >= 0.6 is 11.6 Å². The van der Waals surface area contributed by atoms with Crippen LogP contribution in [0.1, 0.15) is 46.5 Å². The molecule has 0 unspecified atom stereocenters. The van der Waals surface area contributed by atoms with Crippen molar-refractivity contribution >= 4 is 23.1 Å². The summed E-state index contributed by atoms with van der Waals surface area (Å²) in [5.41, 5.74) is -0.00785. The smallest absolute Gasteiger partial charge is 0.312 e. The Morgan fingerprint density at radius 2 is 2.15 bits per heavy atom. The van der Waals surface area contributed by atoms with Gasteiger partial charge in [0.25, 0.3) is 0 Å². The number of anilines is 1. The van der Waals surface area contributed by atoms with E-state index < -0.39 is 4.92 Å². The van der Waals surface area contributed by atoms with Gasteiger partial charge in [-0.1, -0.05) is 51.6 Å². The molecule has 0 aliphatic carbocycles. The van der Waals surface area contributed by atoms with Gasteiger partial charge in [-0.2, -0.15) is 0 Å². The first-order valence-electron chi connectivity index (χ1n) is 6.89. The van der Waals surface area contributed by atoms with Crippen LogP contribution < -0.4 is 5.32 Å². The Bertz CT molecular complexity index is 464. The maximum Gasteiger partial charge on any atom is 0.312 e. The predicted octanol–water partition coefficient (Wildman–Crippen LogP) is 4.66. The van der Waals surface area contributed by atoms with Crippen molar-refractivity contribution in [2.75, 3.05) is 11.9 Å². The van der Waals surface area contributed by atoms with E-state index in [0.29, 0.717) is 6.54 Å². The zero-order valence-electron chi connectivity index (χ0n) is 12.3. The molecule has 5 nitrogen and oxygen atoms in total. The first kappa shape index (κ1) is 16.7. The van der Waals surface area contributed by atoms with Gasteiger partial charge in [0, 0.05) is 18.8 Å². The highest BCUT2D eigenvalue weighted by atomic mass is 35.5. The van der Waals surface area contributed by atoms with Gasteiger partial charge in [-0.15, -0.1) is 0 Å². The minimum Gasteiger partial charge on any atom is -0.364 e. The van der Waals surface area contributed by atoms with Crippen molar-refractivity contribution in [3.8, 4) is 0 Å². The fraction of sp³-hybridized carbons (Fsp3) is 0.643. The lowest BCUT2D eigenvalue weighted by Gasteiger charge is -2.25. The summed E-state index contributed by atoms with van der Waals surface area (Å²) < 4.78 is 0. The summed E-state index contributed by atoms with van der Waals surface area (Å²) in [7, 11) is 0. The summed E-state index contributed by atoms with van der Waals surface area (Å²) in [5, 5.41) is 14.3. The quantitative estimate of drug-likeness (QED) is 0.430. The number of nitrogens with one attached hydrogen (secondary N) is 1. The largest absolute Gasteiger partial charge is 0.364 e. The van der Waals surface area contributed by atoms with Crippen molar-refractivity contribution in [2.45, 2.75) is 46.5 Å². The molecule has 0 amide bonds. The van der Waals surface area contributed by atoms with Crippen molar-refractivity contribution < 1.29 is 4.92 Å². The zero-order valence-corrected chi connectivity index (χ0v) is 13.0. The number of nitrogens with zero attached hydrogens (tertiary/aromatic N) is 2. The second kappa shape index (κ2) is 7.43. The number of pyridine rings is 1. The first-order chi connectivity index (χ1) is 9.35. The molecule has 0 spiro atoms. The SMILES string of the molecule is CCCCCC(C)(C)CNc1ncc(Cl)cc1[N+](=O)[O-]. The second-order valence-electron chi connectivity index (χ2n) is 5.75. The molecule has 1 heterocycles. The third-order valence-electron chi connectivity index (χ3n) is 3.22. The molecule has 0 fully saturated rings. The molecule has 112 valence electrons. The summed E-state index contributed by atoms with van der Waals surface area (Å²) in [6, 6.07) is 1.32. The van der Waals surface area contributed by atoms with E-state index in [4.69, 9.17) is 11.6 Å². The van der Waals surface area contributed by atoms with Crippen molar-refractivity contribution in [3.05, 3.63) is 27.4 Å². The lowest BCUT2D eigenvalue weighted by molar-refractivity contribution is -0.384. The minimum atomic E-state index is -0.467.